The minimum absolute atomic E-state index is 0.285. The predicted molar refractivity (Wildman–Crippen MR) is 125 cm³/mol. The van der Waals surface area contributed by atoms with E-state index < -0.39 is 11.9 Å². The average molecular weight is 440 g/mol. The van der Waals surface area contributed by atoms with E-state index >= 15 is 0 Å². The molecule has 3 aromatic carbocycles. The summed E-state index contributed by atoms with van der Waals surface area (Å²) in [5.74, 6) is -0.483. The van der Waals surface area contributed by atoms with Crippen LogP contribution in [-0.4, -0.2) is 27.9 Å². The van der Waals surface area contributed by atoms with Crippen molar-refractivity contribution in [2.45, 2.75) is 13.5 Å². The lowest BCUT2D eigenvalue weighted by atomic mass is 10.1. The summed E-state index contributed by atoms with van der Waals surface area (Å²) in [5.41, 5.74) is 4.21. The molecule has 0 aliphatic carbocycles. The Morgan fingerprint density at radius 3 is 2.33 bits per heavy atom. The molecule has 0 bridgehead atoms. The molecule has 4 rings (SSSR count). The molecule has 1 N–H and O–H groups in total. The minimum Gasteiger partial charge on any atom is -0.427 e. The van der Waals surface area contributed by atoms with E-state index in [9.17, 15) is 14.4 Å². The van der Waals surface area contributed by atoms with Crippen LogP contribution >= 0.6 is 0 Å². The van der Waals surface area contributed by atoms with E-state index in [4.69, 9.17) is 4.74 Å². The summed E-state index contributed by atoms with van der Waals surface area (Å²) in [6, 6.07) is 23.3. The average Bonchev–Trinajstić information content (AvgIpc) is 2.82. The van der Waals surface area contributed by atoms with Crippen LogP contribution in [0.2, 0.25) is 0 Å². The number of amides is 1. The zero-order chi connectivity index (χ0) is 23.2. The first kappa shape index (κ1) is 21.6. The van der Waals surface area contributed by atoms with Gasteiger partial charge in [0.2, 0.25) is 0 Å². The number of hydrogen-bond acceptors (Lipinski definition) is 6. The summed E-state index contributed by atoms with van der Waals surface area (Å²) in [5, 5.41) is 9.59. The van der Waals surface area contributed by atoms with Gasteiger partial charge in [0.1, 0.15) is 12.3 Å². The lowest BCUT2D eigenvalue weighted by molar-refractivity contribution is -0.131. The molecule has 4 aromatic rings. The fourth-order valence-corrected chi connectivity index (χ4v) is 3.29. The van der Waals surface area contributed by atoms with E-state index in [0.717, 1.165) is 15.6 Å². The third kappa shape index (κ3) is 5.19. The van der Waals surface area contributed by atoms with E-state index in [1.54, 1.807) is 36.4 Å². The Hall–Kier alpha value is -4.59. The summed E-state index contributed by atoms with van der Waals surface area (Å²) in [6.45, 7) is 1.04. The molecule has 33 heavy (non-hydrogen) atoms. The quantitative estimate of drug-likeness (QED) is 0.215. The Bertz CT molecular complexity index is 1390. The molecule has 1 aromatic heterocycles. The van der Waals surface area contributed by atoms with Gasteiger partial charge in [0.25, 0.3) is 11.5 Å². The van der Waals surface area contributed by atoms with Gasteiger partial charge in [0.15, 0.2) is 0 Å². The van der Waals surface area contributed by atoms with Crippen molar-refractivity contribution in [3.05, 3.63) is 94.8 Å². The molecular weight excluding hydrogens is 420 g/mol. The van der Waals surface area contributed by atoms with E-state index in [1.165, 1.54) is 13.1 Å². The minimum atomic E-state index is -0.494. The highest BCUT2D eigenvalue weighted by Gasteiger charge is 2.13. The molecule has 0 fully saturated rings. The van der Waals surface area contributed by atoms with Crippen molar-refractivity contribution in [2.75, 3.05) is 0 Å². The molecule has 8 heteroatoms. The normalized spacial score (nSPS) is 10.9. The number of nitrogens with one attached hydrogen (secondary N) is 1. The van der Waals surface area contributed by atoms with Crippen LogP contribution in [0.15, 0.2) is 88.8 Å². The van der Waals surface area contributed by atoms with Gasteiger partial charge in [-0.25, -0.2) is 10.1 Å². The molecule has 0 aliphatic rings. The maximum Gasteiger partial charge on any atom is 0.308 e. The van der Waals surface area contributed by atoms with Crippen molar-refractivity contribution >= 4 is 28.9 Å². The largest absolute Gasteiger partial charge is 0.427 e. The van der Waals surface area contributed by atoms with Crippen LogP contribution in [0.25, 0.3) is 22.0 Å². The number of hydrogen-bond donors (Lipinski definition) is 1. The SMILES string of the molecule is CC(=O)Oc1ccc(C=NNC(=O)Cn2nc(-c3ccccc3)c3ccccc3c2=O)cc1. The van der Waals surface area contributed by atoms with Crippen molar-refractivity contribution in [2.24, 2.45) is 5.10 Å². The highest BCUT2D eigenvalue weighted by atomic mass is 16.5. The van der Waals surface area contributed by atoms with Crippen LogP contribution in [0.3, 0.4) is 0 Å². The molecule has 0 saturated carbocycles. The van der Waals surface area contributed by atoms with Gasteiger partial charge in [-0.3, -0.25) is 14.4 Å². The summed E-state index contributed by atoms with van der Waals surface area (Å²) in [7, 11) is 0. The Morgan fingerprint density at radius 2 is 1.64 bits per heavy atom. The van der Waals surface area contributed by atoms with Gasteiger partial charge in [-0.1, -0.05) is 48.5 Å². The lowest BCUT2D eigenvalue weighted by Crippen LogP contribution is -2.32. The third-order valence-corrected chi connectivity index (χ3v) is 4.75. The van der Waals surface area contributed by atoms with Gasteiger partial charge in [-0.05, 0) is 35.9 Å². The van der Waals surface area contributed by atoms with Crippen LogP contribution in [0.4, 0.5) is 0 Å². The highest BCUT2D eigenvalue weighted by molar-refractivity contribution is 5.94. The second kappa shape index (κ2) is 9.69. The van der Waals surface area contributed by atoms with E-state index in [-0.39, 0.29) is 12.1 Å². The zero-order valence-corrected chi connectivity index (χ0v) is 17.8. The maximum atomic E-state index is 12.9. The van der Waals surface area contributed by atoms with Gasteiger partial charge in [-0.15, -0.1) is 0 Å². The summed E-state index contributed by atoms with van der Waals surface area (Å²) >= 11 is 0. The Kier molecular flexibility index (Phi) is 6.36. The smallest absolute Gasteiger partial charge is 0.308 e. The van der Waals surface area contributed by atoms with Crippen molar-refractivity contribution in [3.8, 4) is 17.0 Å². The summed E-state index contributed by atoms with van der Waals surface area (Å²) in [4.78, 5) is 36.3. The molecule has 1 amide bonds. The summed E-state index contributed by atoms with van der Waals surface area (Å²) < 4.78 is 6.11. The fourth-order valence-electron chi connectivity index (χ4n) is 3.29. The lowest BCUT2D eigenvalue weighted by Gasteiger charge is -2.10. The van der Waals surface area contributed by atoms with Crippen molar-refractivity contribution in [3.63, 3.8) is 0 Å². The molecule has 1 heterocycles. The van der Waals surface area contributed by atoms with Gasteiger partial charge >= 0.3 is 5.97 Å². The van der Waals surface area contributed by atoms with Gasteiger partial charge in [-0.2, -0.15) is 10.2 Å². The summed E-state index contributed by atoms with van der Waals surface area (Å²) in [6.07, 6.45) is 1.45. The maximum absolute atomic E-state index is 12.9. The molecule has 8 nitrogen and oxygen atoms in total. The van der Waals surface area contributed by atoms with Gasteiger partial charge in [0.05, 0.1) is 17.3 Å². The molecular formula is C25H20N4O4. The van der Waals surface area contributed by atoms with E-state index in [1.807, 2.05) is 42.5 Å². The third-order valence-electron chi connectivity index (χ3n) is 4.75. The standard InChI is InChI=1S/C25H20N4O4/c1-17(30)33-20-13-11-18(12-14-20)15-26-27-23(31)16-29-25(32)22-10-6-5-9-21(22)24(28-29)19-7-3-2-4-8-19/h2-15H,16H2,1H3,(H,27,31). The number of rotatable bonds is 6. The molecule has 0 aliphatic heterocycles. The van der Waals surface area contributed by atoms with Crippen LogP contribution in [0.1, 0.15) is 12.5 Å². The van der Waals surface area contributed by atoms with E-state index in [2.05, 4.69) is 15.6 Å². The molecule has 0 radical (unpaired) electrons. The number of nitrogens with zero attached hydrogens (tertiary/aromatic N) is 3. The van der Waals surface area contributed by atoms with Crippen molar-refractivity contribution < 1.29 is 14.3 Å². The number of carbonyl (C=O) groups is 2. The first-order chi connectivity index (χ1) is 16.0. The number of esters is 1. The second-order valence-electron chi connectivity index (χ2n) is 7.18. The number of ether oxygens (including phenoxy) is 1. The number of fused-ring (bicyclic) bond motifs is 1. The Balaban J connectivity index is 1.52. The molecule has 0 saturated heterocycles. The number of hydrazone groups is 1. The molecule has 0 atom stereocenters. The predicted octanol–water partition coefficient (Wildman–Crippen LogP) is 3.14. The number of carbonyl (C=O) groups excluding carboxylic acids is 2. The topological polar surface area (TPSA) is 103 Å². The number of benzene rings is 3. The molecule has 0 unspecified atom stereocenters. The fraction of sp³-hybridized carbons (Fsp3) is 0.0800. The molecule has 0 spiro atoms. The Labute approximate surface area is 189 Å². The van der Waals surface area contributed by atoms with Crippen molar-refractivity contribution in [1.29, 1.82) is 0 Å². The van der Waals surface area contributed by atoms with E-state index in [0.29, 0.717) is 22.4 Å². The molecule has 164 valence electrons. The van der Waals surface area contributed by atoms with Crippen LogP contribution < -0.4 is 15.7 Å². The van der Waals surface area contributed by atoms with Crippen molar-refractivity contribution in [1.82, 2.24) is 15.2 Å². The first-order valence-corrected chi connectivity index (χ1v) is 10.2. The van der Waals surface area contributed by atoms with Crippen LogP contribution in [0, 0.1) is 0 Å². The van der Waals surface area contributed by atoms with Crippen LogP contribution in [-0.2, 0) is 16.1 Å². The van der Waals surface area contributed by atoms with Crippen LogP contribution in [0.5, 0.6) is 5.75 Å². The van der Waals surface area contributed by atoms with Gasteiger partial charge in [0, 0.05) is 17.9 Å². The number of aromatic nitrogens is 2. The van der Waals surface area contributed by atoms with Gasteiger partial charge < -0.3 is 4.74 Å². The Morgan fingerprint density at radius 1 is 0.970 bits per heavy atom. The monoisotopic (exact) mass is 440 g/mol. The highest BCUT2D eigenvalue weighted by Crippen LogP contribution is 2.24. The zero-order valence-electron chi connectivity index (χ0n) is 17.8. The second-order valence-corrected chi connectivity index (χ2v) is 7.18. The first-order valence-electron chi connectivity index (χ1n) is 10.2.